The summed E-state index contributed by atoms with van der Waals surface area (Å²) in [7, 11) is 0. The van der Waals surface area contributed by atoms with E-state index in [1.54, 1.807) is 4.90 Å². The highest BCUT2D eigenvalue weighted by molar-refractivity contribution is 5.76. The summed E-state index contributed by atoms with van der Waals surface area (Å²) in [6.45, 7) is 6.29. The molecule has 2 heterocycles. The summed E-state index contributed by atoms with van der Waals surface area (Å²) < 4.78 is 5.35. The number of carbonyl (C=O) groups excluding carboxylic acids is 1. The highest BCUT2D eigenvalue weighted by atomic mass is 16.5. The number of aryl methyl sites for hydroxylation is 1. The summed E-state index contributed by atoms with van der Waals surface area (Å²) in [6, 6.07) is 9.95. The summed E-state index contributed by atoms with van der Waals surface area (Å²) in [6.07, 6.45) is 1.68. The van der Waals surface area contributed by atoms with E-state index < -0.39 is 11.7 Å². The van der Waals surface area contributed by atoms with E-state index in [0.717, 1.165) is 51.4 Å². The number of aliphatic hydroxyl groups is 2. The number of β-amino-alcohol motifs (C(OH)–C–C–N with tert-alkyl or cyclic N) is 1. The van der Waals surface area contributed by atoms with Crippen molar-refractivity contribution in [3.8, 4) is 0 Å². The molecule has 0 aliphatic carbocycles. The van der Waals surface area contributed by atoms with Gasteiger partial charge in [-0.1, -0.05) is 30.3 Å². The predicted octanol–water partition coefficient (Wildman–Crippen LogP) is 0.255. The van der Waals surface area contributed by atoms with Crippen molar-refractivity contribution in [3.63, 3.8) is 0 Å². The number of nitrogens with one attached hydrogen (secondary N) is 1. The van der Waals surface area contributed by atoms with Gasteiger partial charge < -0.3 is 25.2 Å². The van der Waals surface area contributed by atoms with Crippen LogP contribution in [-0.4, -0.2) is 96.7 Å². The van der Waals surface area contributed by atoms with Gasteiger partial charge in [0, 0.05) is 32.6 Å². The van der Waals surface area contributed by atoms with E-state index in [0.29, 0.717) is 32.4 Å². The van der Waals surface area contributed by atoms with Gasteiger partial charge in [0.2, 0.25) is 5.91 Å². The number of nitrogens with zero attached hydrogens (tertiary/aromatic N) is 2. The van der Waals surface area contributed by atoms with Gasteiger partial charge in [-0.15, -0.1) is 0 Å². The SMILES string of the molecule is O=C(CCc1ccccc1)N1CC[C@H](O)[C@@](O)(CNCCCN2CCOCC2)C1. The Kier molecular flexibility index (Phi) is 8.44. The maximum absolute atomic E-state index is 12.6. The Balaban J connectivity index is 1.39. The molecule has 3 N–H and O–H groups in total. The van der Waals surface area contributed by atoms with Crippen molar-refractivity contribution in [3.05, 3.63) is 35.9 Å². The minimum atomic E-state index is -1.29. The van der Waals surface area contributed by atoms with E-state index in [1.165, 1.54) is 0 Å². The molecule has 0 aromatic heterocycles. The minimum Gasteiger partial charge on any atom is -0.390 e. The molecular formula is C22H35N3O4. The Bertz CT molecular complexity index is 624. The van der Waals surface area contributed by atoms with Gasteiger partial charge in [0.15, 0.2) is 0 Å². The van der Waals surface area contributed by atoms with Crippen LogP contribution in [0.15, 0.2) is 30.3 Å². The van der Waals surface area contributed by atoms with Crippen molar-refractivity contribution in [1.29, 1.82) is 0 Å². The Morgan fingerprint density at radius 2 is 1.97 bits per heavy atom. The molecule has 0 saturated carbocycles. The predicted molar refractivity (Wildman–Crippen MR) is 112 cm³/mol. The molecule has 1 aromatic rings. The molecule has 1 aromatic carbocycles. The molecule has 29 heavy (non-hydrogen) atoms. The van der Waals surface area contributed by atoms with Gasteiger partial charge in [-0.3, -0.25) is 9.69 Å². The lowest BCUT2D eigenvalue weighted by atomic mass is 9.89. The molecule has 2 saturated heterocycles. The average Bonchev–Trinajstić information content (AvgIpc) is 2.75. The first-order chi connectivity index (χ1) is 14.1. The fraction of sp³-hybridized carbons (Fsp3) is 0.682. The number of hydrogen-bond donors (Lipinski definition) is 3. The fourth-order valence-corrected chi connectivity index (χ4v) is 4.06. The third-order valence-corrected chi connectivity index (χ3v) is 5.94. The smallest absolute Gasteiger partial charge is 0.223 e. The molecule has 162 valence electrons. The number of benzene rings is 1. The quantitative estimate of drug-likeness (QED) is 0.511. The molecule has 3 rings (SSSR count). The van der Waals surface area contributed by atoms with Gasteiger partial charge >= 0.3 is 0 Å². The first-order valence-corrected chi connectivity index (χ1v) is 10.8. The molecule has 7 nitrogen and oxygen atoms in total. The van der Waals surface area contributed by atoms with E-state index >= 15 is 0 Å². The largest absolute Gasteiger partial charge is 0.390 e. The monoisotopic (exact) mass is 405 g/mol. The third-order valence-electron chi connectivity index (χ3n) is 5.94. The van der Waals surface area contributed by atoms with Crippen LogP contribution in [0.5, 0.6) is 0 Å². The molecule has 2 aliphatic rings. The molecule has 1 amide bonds. The molecule has 0 radical (unpaired) electrons. The summed E-state index contributed by atoms with van der Waals surface area (Å²) in [4.78, 5) is 16.7. The van der Waals surface area contributed by atoms with Crippen molar-refractivity contribution in [2.75, 3.05) is 59.0 Å². The highest BCUT2D eigenvalue weighted by Crippen LogP contribution is 2.22. The van der Waals surface area contributed by atoms with Crippen LogP contribution in [0.3, 0.4) is 0 Å². The lowest BCUT2D eigenvalue weighted by Gasteiger charge is -2.43. The number of aliphatic hydroxyl groups excluding tert-OH is 1. The normalized spacial score (nSPS) is 25.9. The fourth-order valence-electron chi connectivity index (χ4n) is 4.06. The summed E-state index contributed by atoms with van der Waals surface area (Å²) >= 11 is 0. The number of piperidine rings is 1. The molecule has 2 fully saturated rings. The van der Waals surface area contributed by atoms with E-state index in [1.807, 2.05) is 30.3 Å². The van der Waals surface area contributed by atoms with Crippen LogP contribution in [-0.2, 0) is 16.0 Å². The van der Waals surface area contributed by atoms with Gasteiger partial charge in [-0.05, 0) is 37.9 Å². The van der Waals surface area contributed by atoms with Crippen LogP contribution in [0.2, 0.25) is 0 Å². The topological polar surface area (TPSA) is 85.3 Å². The van der Waals surface area contributed by atoms with Gasteiger partial charge in [0.1, 0.15) is 5.60 Å². The molecule has 2 aliphatic heterocycles. The van der Waals surface area contributed by atoms with Crippen molar-refractivity contribution >= 4 is 5.91 Å². The zero-order chi connectivity index (χ0) is 20.5. The maximum Gasteiger partial charge on any atom is 0.223 e. The van der Waals surface area contributed by atoms with Crippen LogP contribution in [0.1, 0.15) is 24.8 Å². The summed E-state index contributed by atoms with van der Waals surface area (Å²) in [5.74, 6) is 0.0338. The number of amides is 1. The summed E-state index contributed by atoms with van der Waals surface area (Å²) in [5.41, 5.74) is -0.158. The number of ether oxygens (including phenoxy) is 1. The lowest BCUT2D eigenvalue weighted by Crippen LogP contribution is -2.62. The Hall–Kier alpha value is -1.51. The molecule has 0 spiro atoms. The lowest BCUT2D eigenvalue weighted by molar-refractivity contribution is -0.150. The van der Waals surface area contributed by atoms with Crippen LogP contribution < -0.4 is 5.32 Å². The minimum absolute atomic E-state index is 0.0338. The third kappa shape index (κ3) is 6.76. The van der Waals surface area contributed by atoms with Crippen molar-refractivity contribution in [2.24, 2.45) is 0 Å². The van der Waals surface area contributed by atoms with Gasteiger partial charge in [-0.25, -0.2) is 0 Å². The average molecular weight is 406 g/mol. The van der Waals surface area contributed by atoms with Crippen molar-refractivity contribution < 1.29 is 19.7 Å². The number of rotatable bonds is 9. The van der Waals surface area contributed by atoms with Crippen molar-refractivity contribution in [1.82, 2.24) is 15.1 Å². The zero-order valence-electron chi connectivity index (χ0n) is 17.3. The second kappa shape index (κ2) is 11.0. The number of carbonyl (C=O) groups is 1. The first-order valence-electron chi connectivity index (χ1n) is 10.8. The van der Waals surface area contributed by atoms with Crippen molar-refractivity contribution in [2.45, 2.75) is 37.4 Å². The Labute approximate surface area is 173 Å². The van der Waals surface area contributed by atoms with E-state index in [-0.39, 0.29) is 12.5 Å². The van der Waals surface area contributed by atoms with Crippen LogP contribution in [0.25, 0.3) is 0 Å². The number of likely N-dealkylation sites (tertiary alicyclic amines) is 1. The standard InChI is InChI=1S/C22H35N3O4/c26-20-9-12-25(21(27)8-7-19-5-2-1-3-6-19)18-22(20,28)17-23-10-4-11-24-13-15-29-16-14-24/h1-3,5-6,20,23,26,28H,4,7-18H2/t20-,22+/m0/s1. The molecule has 0 unspecified atom stereocenters. The Morgan fingerprint density at radius 1 is 1.21 bits per heavy atom. The van der Waals surface area contributed by atoms with Crippen LogP contribution >= 0.6 is 0 Å². The maximum atomic E-state index is 12.6. The number of hydrogen-bond acceptors (Lipinski definition) is 6. The molecule has 2 atom stereocenters. The second-order valence-corrected chi connectivity index (χ2v) is 8.19. The van der Waals surface area contributed by atoms with E-state index in [4.69, 9.17) is 4.74 Å². The van der Waals surface area contributed by atoms with Gasteiger partial charge in [0.25, 0.3) is 0 Å². The highest BCUT2D eigenvalue weighted by Gasteiger charge is 2.42. The van der Waals surface area contributed by atoms with Gasteiger partial charge in [-0.2, -0.15) is 0 Å². The summed E-state index contributed by atoms with van der Waals surface area (Å²) in [5, 5.41) is 24.6. The molecular weight excluding hydrogens is 370 g/mol. The van der Waals surface area contributed by atoms with E-state index in [9.17, 15) is 15.0 Å². The zero-order valence-corrected chi connectivity index (χ0v) is 17.3. The Morgan fingerprint density at radius 3 is 2.72 bits per heavy atom. The first kappa shape index (κ1) is 22.2. The van der Waals surface area contributed by atoms with Gasteiger partial charge in [0.05, 0.1) is 25.9 Å². The second-order valence-electron chi connectivity index (χ2n) is 8.19. The van der Waals surface area contributed by atoms with E-state index in [2.05, 4.69) is 10.2 Å². The molecule has 0 bridgehead atoms. The van der Waals surface area contributed by atoms with Crippen LogP contribution in [0.4, 0.5) is 0 Å². The number of morpholine rings is 1. The van der Waals surface area contributed by atoms with Crippen LogP contribution in [0, 0.1) is 0 Å². The molecule has 7 heteroatoms.